The van der Waals surface area contributed by atoms with Crippen LogP contribution in [0.15, 0.2) is 42.5 Å². The fraction of sp³-hybridized carbons (Fsp3) is 0.381. The maximum Gasteiger partial charge on any atom is 0.243 e. The molecule has 1 aromatic heterocycles. The van der Waals surface area contributed by atoms with Gasteiger partial charge in [0.1, 0.15) is 6.61 Å². The molecule has 0 unspecified atom stereocenters. The van der Waals surface area contributed by atoms with E-state index in [0.717, 1.165) is 36.3 Å². The number of rotatable bonds is 10. The summed E-state index contributed by atoms with van der Waals surface area (Å²) in [6.07, 6.45) is 2.12. The Morgan fingerprint density at radius 3 is 2.68 bits per heavy atom. The van der Waals surface area contributed by atoms with E-state index in [1.807, 2.05) is 30.3 Å². The van der Waals surface area contributed by atoms with E-state index in [-0.39, 0.29) is 0 Å². The number of ether oxygens (including phenoxy) is 2. The Balaban J connectivity index is 1.74. The van der Waals surface area contributed by atoms with Crippen LogP contribution in [0.4, 0.5) is 5.95 Å². The van der Waals surface area contributed by atoms with E-state index in [4.69, 9.17) is 9.47 Å². The highest BCUT2D eigenvalue weighted by atomic mass is 16.5. The molecular weight excluding hydrogens is 354 g/mol. The highest BCUT2D eigenvalue weighted by molar-refractivity contribution is 5.48. The van der Waals surface area contributed by atoms with Gasteiger partial charge in [-0.3, -0.25) is 0 Å². The van der Waals surface area contributed by atoms with Gasteiger partial charge in [-0.2, -0.15) is 0 Å². The van der Waals surface area contributed by atoms with E-state index in [1.54, 1.807) is 11.8 Å². The van der Waals surface area contributed by atoms with Gasteiger partial charge in [-0.15, -0.1) is 0 Å². The van der Waals surface area contributed by atoms with Crippen LogP contribution in [0.5, 0.6) is 11.5 Å². The molecule has 0 saturated heterocycles. The van der Waals surface area contributed by atoms with Crippen LogP contribution in [0.1, 0.15) is 36.5 Å². The van der Waals surface area contributed by atoms with Crippen LogP contribution in [0, 0.1) is 6.92 Å². The van der Waals surface area contributed by atoms with Crippen molar-refractivity contribution in [3.8, 4) is 11.5 Å². The van der Waals surface area contributed by atoms with Crippen molar-refractivity contribution < 1.29 is 9.47 Å². The van der Waals surface area contributed by atoms with Crippen LogP contribution in [-0.4, -0.2) is 27.3 Å². The average molecular weight is 381 g/mol. The number of aromatic nitrogens is 4. The predicted molar refractivity (Wildman–Crippen MR) is 109 cm³/mol. The number of aryl methyl sites for hydroxylation is 2. The lowest BCUT2D eigenvalue weighted by atomic mass is 10.1. The van der Waals surface area contributed by atoms with Gasteiger partial charge in [-0.05, 0) is 41.0 Å². The lowest BCUT2D eigenvalue weighted by Crippen LogP contribution is -2.10. The molecule has 0 aliphatic heterocycles. The van der Waals surface area contributed by atoms with Crippen LogP contribution >= 0.6 is 0 Å². The first kappa shape index (κ1) is 19.7. The Kier molecular flexibility index (Phi) is 6.84. The second-order valence-electron chi connectivity index (χ2n) is 6.60. The molecule has 7 heteroatoms. The lowest BCUT2D eigenvalue weighted by molar-refractivity contribution is 0.281. The van der Waals surface area contributed by atoms with E-state index in [0.29, 0.717) is 24.8 Å². The Hall–Kier alpha value is -3.09. The third-order valence-electron chi connectivity index (χ3n) is 4.61. The molecule has 0 amide bonds. The van der Waals surface area contributed by atoms with Crippen molar-refractivity contribution in [3.63, 3.8) is 0 Å². The van der Waals surface area contributed by atoms with Crippen molar-refractivity contribution in [2.24, 2.45) is 0 Å². The Bertz CT molecular complexity index is 894. The summed E-state index contributed by atoms with van der Waals surface area (Å²) in [5, 5.41) is 15.2. The van der Waals surface area contributed by atoms with Crippen molar-refractivity contribution in [2.45, 2.75) is 46.4 Å². The van der Waals surface area contributed by atoms with Gasteiger partial charge in [0.15, 0.2) is 11.5 Å². The van der Waals surface area contributed by atoms with Crippen LogP contribution in [0.2, 0.25) is 0 Å². The second kappa shape index (κ2) is 9.73. The number of methoxy groups -OCH3 is 1. The fourth-order valence-electron chi connectivity index (χ4n) is 2.91. The summed E-state index contributed by atoms with van der Waals surface area (Å²) in [6.45, 7) is 6.03. The zero-order chi connectivity index (χ0) is 19.8. The summed E-state index contributed by atoms with van der Waals surface area (Å²) in [4.78, 5) is 0. The molecule has 1 heterocycles. The molecule has 0 saturated carbocycles. The van der Waals surface area contributed by atoms with Crippen molar-refractivity contribution in [3.05, 3.63) is 59.2 Å². The lowest BCUT2D eigenvalue weighted by Gasteiger charge is -2.16. The van der Waals surface area contributed by atoms with Crippen molar-refractivity contribution in [1.82, 2.24) is 20.2 Å². The van der Waals surface area contributed by atoms with Gasteiger partial charge in [-0.1, -0.05) is 54.8 Å². The first-order valence-electron chi connectivity index (χ1n) is 9.56. The van der Waals surface area contributed by atoms with Crippen LogP contribution in [0.25, 0.3) is 0 Å². The molecule has 0 fully saturated rings. The van der Waals surface area contributed by atoms with E-state index in [1.165, 1.54) is 5.56 Å². The highest BCUT2D eigenvalue weighted by Gasteiger charge is 2.13. The summed E-state index contributed by atoms with van der Waals surface area (Å²) in [7, 11) is 1.65. The molecule has 2 aromatic carbocycles. The van der Waals surface area contributed by atoms with Gasteiger partial charge in [-0.25, -0.2) is 4.68 Å². The average Bonchev–Trinajstić information content (AvgIpc) is 3.17. The fourth-order valence-corrected chi connectivity index (χ4v) is 2.91. The highest BCUT2D eigenvalue weighted by Crippen LogP contribution is 2.32. The number of unbranched alkanes of at least 4 members (excludes halogenated alkanes) is 1. The number of benzene rings is 2. The number of hydrogen-bond acceptors (Lipinski definition) is 6. The molecule has 7 nitrogen and oxygen atoms in total. The maximum atomic E-state index is 6.17. The summed E-state index contributed by atoms with van der Waals surface area (Å²) in [5.41, 5.74) is 3.33. The summed E-state index contributed by atoms with van der Waals surface area (Å²) in [6, 6.07) is 14.1. The smallest absolute Gasteiger partial charge is 0.243 e. The van der Waals surface area contributed by atoms with Crippen molar-refractivity contribution in [1.29, 1.82) is 0 Å². The van der Waals surface area contributed by atoms with E-state index in [2.05, 4.69) is 46.8 Å². The van der Waals surface area contributed by atoms with E-state index in [9.17, 15) is 0 Å². The Labute approximate surface area is 165 Å². The molecule has 3 rings (SSSR count). The van der Waals surface area contributed by atoms with E-state index >= 15 is 0 Å². The molecule has 0 aliphatic rings. The summed E-state index contributed by atoms with van der Waals surface area (Å²) < 4.78 is 13.5. The van der Waals surface area contributed by atoms with Crippen LogP contribution < -0.4 is 14.8 Å². The van der Waals surface area contributed by atoms with Gasteiger partial charge in [0.05, 0.1) is 7.11 Å². The number of nitrogens with zero attached hydrogens (tertiary/aromatic N) is 4. The number of tetrazole rings is 1. The van der Waals surface area contributed by atoms with Gasteiger partial charge >= 0.3 is 0 Å². The molecule has 3 aromatic rings. The Morgan fingerprint density at radius 2 is 1.89 bits per heavy atom. The number of anilines is 1. The monoisotopic (exact) mass is 381 g/mol. The van der Waals surface area contributed by atoms with Crippen molar-refractivity contribution in [2.75, 3.05) is 12.4 Å². The molecular formula is C21H27N5O2. The zero-order valence-corrected chi connectivity index (χ0v) is 16.7. The van der Waals surface area contributed by atoms with Crippen LogP contribution in [0.3, 0.4) is 0 Å². The topological polar surface area (TPSA) is 74.1 Å². The number of nitrogens with one attached hydrogen (secondary N) is 1. The summed E-state index contributed by atoms with van der Waals surface area (Å²) >= 11 is 0. The minimum Gasteiger partial charge on any atom is -0.493 e. The molecule has 0 bridgehead atoms. The molecule has 0 spiro atoms. The SMILES string of the molecule is CCCCn1nnnc1NCc1cccc(OC)c1OCc1ccccc1C. The predicted octanol–water partition coefficient (Wildman–Crippen LogP) is 3.98. The first-order chi connectivity index (χ1) is 13.7. The van der Waals surface area contributed by atoms with Crippen LogP contribution in [-0.2, 0) is 19.7 Å². The molecule has 1 N–H and O–H groups in total. The van der Waals surface area contributed by atoms with E-state index < -0.39 is 0 Å². The standard InChI is InChI=1S/C21H27N5O2/c1-4-5-13-26-21(23-24-25-26)22-14-17-11-8-12-19(27-3)20(17)28-15-18-10-7-6-9-16(18)2/h6-12H,4-5,13-15H2,1-3H3,(H,22,23,25). The largest absolute Gasteiger partial charge is 0.493 e. The quantitative estimate of drug-likeness (QED) is 0.573. The molecule has 0 atom stereocenters. The van der Waals surface area contributed by atoms with Crippen molar-refractivity contribution >= 4 is 5.95 Å². The minimum atomic E-state index is 0.480. The second-order valence-corrected chi connectivity index (χ2v) is 6.60. The maximum absolute atomic E-state index is 6.17. The van der Waals surface area contributed by atoms with Gasteiger partial charge < -0.3 is 14.8 Å². The third kappa shape index (κ3) is 4.79. The summed E-state index contributed by atoms with van der Waals surface area (Å²) in [5.74, 6) is 2.09. The first-order valence-corrected chi connectivity index (χ1v) is 9.56. The molecule has 28 heavy (non-hydrogen) atoms. The third-order valence-corrected chi connectivity index (χ3v) is 4.61. The van der Waals surface area contributed by atoms with Gasteiger partial charge in [0.2, 0.25) is 5.95 Å². The minimum absolute atomic E-state index is 0.480. The normalized spacial score (nSPS) is 10.7. The molecule has 0 aliphatic carbocycles. The number of hydrogen-bond donors (Lipinski definition) is 1. The molecule has 148 valence electrons. The van der Waals surface area contributed by atoms with Gasteiger partial charge in [0.25, 0.3) is 0 Å². The molecule has 0 radical (unpaired) electrons. The zero-order valence-electron chi connectivity index (χ0n) is 16.7. The number of para-hydroxylation sites is 1. The van der Waals surface area contributed by atoms with Gasteiger partial charge in [0, 0.05) is 18.7 Å². The Morgan fingerprint density at radius 1 is 1.07 bits per heavy atom.